The number of hydrogen-bond acceptors (Lipinski definition) is 4. The molecular formula is C22H31FIN5O. The molecular weight excluding hydrogens is 496 g/mol. The van der Waals surface area contributed by atoms with Gasteiger partial charge in [-0.3, -0.25) is 9.89 Å². The van der Waals surface area contributed by atoms with Gasteiger partial charge < -0.3 is 20.7 Å². The summed E-state index contributed by atoms with van der Waals surface area (Å²) in [6, 6.07) is 14.7. The number of hydrogen-bond donors (Lipinski definition) is 2. The average molecular weight is 527 g/mol. The number of benzene rings is 2. The van der Waals surface area contributed by atoms with Crippen molar-refractivity contribution in [2.75, 3.05) is 57.8 Å². The second kappa shape index (κ2) is 12.6. The molecule has 0 radical (unpaired) electrons. The summed E-state index contributed by atoms with van der Waals surface area (Å²) < 4.78 is 18.2. The highest BCUT2D eigenvalue weighted by Crippen LogP contribution is 2.16. The van der Waals surface area contributed by atoms with Gasteiger partial charge in [-0.1, -0.05) is 12.1 Å². The molecule has 8 heteroatoms. The third kappa shape index (κ3) is 7.64. The molecule has 2 aromatic carbocycles. The maximum Gasteiger partial charge on any atom is 0.188 e. The highest BCUT2D eigenvalue weighted by Gasteiger charge is 2.16. The molecule has 0 amide bonds. The van der Waals surface area contributed by atoms with E-state index in [1.807, 2.05) is 24.3 Å². The van der Waals surface area contributed by atoms with E-state index in [1.54, 1.807) is 7.11 Å². The van der Waals surface area contributed by atoms with Gasteiger partial charge in [0, 0.05) is 45.0 Å². The Labute approximate surface area is 195 Å². The predicted molar refractivity (Wildman–Crippen MR) is 132 cm³/mol. The number of rotatable bonds is 8. The Balaban J connectivity index is 0.00000320. The molecule has 0 aliphatic carbocycles. The zero-order valence-electron chi connectivity index (χ0n) is 17.4. The maximum absolute atomic E-state index is 13.1. The quantitative estimate of drug-likeness (QED) is 0.314. The molecule has 2 aromatic rings. The maximum atomic E-state index is 13.1. The van der Waals surface area contributed by atoms with E-state index < -0.39 is 0 Å². The Bertz CT molecular complexity index is 777. The third-order valence-corrected chi connectivity index (χ3v) is 5.14. The largest absolute Gasteiger partial charge is 0.497 e. The molecule has 1 fully saturated rings. The molecule has 0 spiro atoms. The Morgan fingerprint density at radius 3 is 2.37 bits per heavy atom. The lowest BCUT2D eigenvalue weighted by Crippen LogP contribution is -2.47. The molecule has 3 rings (SSSR count). The van der Waals surface area contributed by atoms with Gasteiger partial charge in [-0.15, -0.1) is 24.0 Å². The minimum absolute atomic E-state index is 0. The van der Waals surface area contributed by atoms with E-state index in [-0.39, 0.29) is 29.8 Å². The van der Waals surface area contributed by atoms with Gasteiger partial charge in [0.2, 0.25) is 0 Å². The van der Waals surface area contributed by atoms with E-state index in [4.69, 9.17) is 10.5 Å². The number of piperazine rings is 1. The van der Waals surface area contributed by atoms with Gasteiger partial charge in [0.25, 0.3) is 0 Å². The van der Waals surface area contributed by atoms with Gasteiger partial charge in [0.1, 0.15) is 11.6 Å². The second-order valence-electron chi connectivity index (χ2n) is 7.10. The molecule has 3 N–H and O–H groups in total. The Morgan fingerprint density at radius 1 is 1.07 bits per heavy atom. The van der Waals surface area contributed by atoms with Crippen LogP contribution in [-0.4, -0.2) is 63.8 Å². The molecule has 1 saturated heterocycles. The zero-order valence-corrected chi connectivity index (χ0v) is 19.7. The minimum atomic E-state index is -0.194. The molecule has 30 heavy (non-hydrogen) atoms. The van der Waals surface area contributed by atoms with Crippen LogP contribution in [0.4, 0.5) is 10.1 Å². The van der Waals surface area contributed by atoms with Crippen molar-refractivity contribution in [3.8, 4) is 5.75 Å². The summed E-state index contributed by atoms with van der Waals surface area (Å²) in [5, 5.41) is 3.17. The first-order valence-electron chi connectivity index (χ1n) is 10.0. The second-order valence-corrected chi connectivity index (χ2v) is 7.10. The lowest BCUT2D eigenvalue weighted by Gasteiger charge is -2.35. The Morgan fingerprint density at radius 2 is 1.73 bits per heavy atom. The zero-order chi connectivity index (χ0) is 20.5. The minimum Gasteiger partial charge on any atom is -0.497 e. The molecule has 1 heterocycles. The molecule has 1 aliphatic heterocycles. The number of methoxy groups -OCH3 is 1. The number of nitrogens with two attached hydrogens (primary N) is 1. The standard InChI is InChI=1S/C22H30FN5O.HI/c1-29-21-8-2-18(3-9-21)10-11-25-22(24)26-12-13-27-14-16-28(17-15-27)20-6-4-19(23)5-7-20;/h2-9H,10-17H2,1H3,(H3,24,25,26);1H. The van der Waals surface area contributed by atoms with Crippen molar-refractivity contribution in [2.24, 2.45) is 10.7 Å². The highest BCUT2D eigenvalue weighted by molar-refractivity contribution is 14.0. The number of nitrogens with one attached hydrogen (secondary N) is 1. The number of ether oxygens (including phenoxy) is 1. The van der Waals surface area contributed by atoms with E-state index in [0.29, 0.717) is 12.5 Å². The number of aliphatic imine (C=N–C) groups is 1. The molecule has 0 unspecified atom stereocenters. The number of guanidine groups is 1. The summed E-state index contributed by atoms with van der Waals surface area (Å²) in [5.74, 6) is 1.16. The fourth-order valence-corrected chi connectivity index (χ4v) is 3.38. The van der Waals surface area contributed by atoms with Crippen LogP contribution in [0.3, 0.4) is 0 Å². The Kier molecular flexibility index (Phi) is 10.2. The average Bonchev–Trinajstić information content (AvgIpc) is 2.75. The monoisotopic (exact) mass is 527 g/mol. The van der Waals surface area contributed by atoms with Crippen molar-refractivity contribution in [3.05, 3.63) is 59.9 Å². The summed E-state index contributed by atoms with van der Waals surface area (Å²) in [6.07, 6.45) is 0.881. The highest BCUT2D eigenvalue weighted by atomic mass is 127. The van der Waals surface area contributed by atoms with E-state index in [2.05, 4.69) is 32.2 Å². The van der Waals surface area contributed by atoms with Crippen molar-refractivity contribution < 1.29 is 9.13 Å². The SMILES string of the molecule is COc1ccc(CCNC(N)=NCCN2CCN(c3ccc(F)cc3)CC2)cc1.I. The lowest BCUT2D eigenvalue weighted by molar-refractivity contribution is 0.265. The van der Waals surface area contributed by atoms with Crippen LogP contribution in [0.25, 0.3) is 0 Å². The van der Waals surface area contributed by atoms with Crippen LogP contribution < -0.4 is 20.7 Å². The van der Waals surface area contributed by atoms with Crippen LogP contribution in [-0.2, 0) is 6.42 Å². The predicted octanol–water partition coefficient (Wildman–Crippen LogP) is 2.72. The summed E-state index contributed by atoms with van der Waals surface area (Å²) in [4.78, 5) is 9.10. The fraction of sp³-hybridized carbons (Fsp3) is 0.409. The van der Waals surface area contributed by atoms with Crippen molar-refractivity contribution in [3.63, 3.8) is 0 Å². The van der Waals surface area contributed by atoms with Gasteiger partial charge in [-0.05, 0) is 48.4 Å². The molecule has 6 nitrogen and oxygen atoms in total. The molecule has 0 bridgehead atoms. The topological polar surface area (TPSA) is 66.1 Å². The first kappa shape index (κ1) is 24.2. The van der Waals surface area contributed by atoms with Crippen LogP contribution >= 0.6 is 24.0 Å². The first-order chi connectivity index (χ1) is 14.1. The Hall–Kier alpha value is -2.07. The molecule has 164 valence electrons. The van der Waals surface area contributed by atoms with Crippen LogP contribution in [0.2, 0.25) is 0 Å². The molecule has 0 saturated carbocycles. The number of nitrogens with zero attached hydrogens (tertiary/aromatic N) is 3. The smallest absolute Gasteiger partial charge is 0.188 e. The van der Waals surface area contributed by atoms with E-state index in [9.17, 15) is 4.39 Å². The van der Waals surface area contributed by atoms with Gasteiger partial charge >= 0.3 is 0 Å². The number of anilines is 1. The third-order valence-electron chi connectivity index (χ3n) is 5.14. The van der Waals surface area contributed by atoms with Crippen molar-refractivity contribution in [2.45, 2.75) is 6.42 Å². The van der Waals surface area contributed by atoms with E-state index in [0.717, 1.165) is 57.1 Å². The normalized spacial score (nSPS) is 14.9. The molecule has 1 aliphatic rings. The summed E-state index contributed by atoms with van der Waals surface area (Å²) in [7, 11) is 1.67. The fourth-order valence-electron chi connectivity index (χ4n) is 3.38. The van der Waals surface area contributed by atoms with Crippen LogP contribution in [0, 0.1) is 5.82 Å². The van der Waals surface area contributed by atoms with Crippen LogP contribution in [0.5, 0.6) is 5.75 Å². The van der Waals surface area contributed by atoms with Crippen molar-refractivity contribution >= 4 is 35.6 Å². The van der Waals surface area contributed by atoms with Crippen LogP contribution in [0.1, 0.15) is 5.56 Å². The number of halogens is 2. The van der Waals surface area contributed by atoms with Crippen molar-refractivity contribution in [1.29, 1.82) is 0 Å². The van der Waals surface area contributed by atoms with Gasteiger partial charge in [-0.25, -0.2) is 4.39 Å². The van der Waals surface area contributed by atoms with E-state index >= 15 is 0 Å². The first-order valence-corrected chi connectivity index (χ1v) is 10.0. The molecule has 0 atom stereocenters. The van der Waals surface area contributed by atoms with E-state index in [1.165, 1.54) is 17.7 Å². The van der Waals surface area contributed by atoms with Gasteiger partial charge in [0.15, 0.2) is 5.96 Å². The van der Waals surface area contributed by atoms with Gasteiger partial charge in [-0.2, -0.15) is 0 Å². The van der Waals surface area contributed by atoms with Gasteiger partial charge in [0.05, 0.1) is 13.7 Å². The van der Waals surface area contributed by atoms with Crippen molar-refractivity contribution in [1.82, 2.24) is 10.2 Å². The lowest BCUT2D eigenvalue weighted by atomic mass is 10.1. The summed E-state index contributed by atoms with van der Waals surface area (Å²) in [5.41, 5.74) is 8.28. The van der Waals surface area contributed by atoms with Crippen LogP contribution in [0.15, 0.2) is 53.5 Å². The summed E-state index contributed by atoms with van der Waals surface area (Å²) in [6.45, 7) is 6.12. The summed E-state index contributed by atoms with van der Waals surface area (Å²) >= 11 is 0. The molecule has 0 aromatic heterocycles.